The minimum Gasteiger partial charge on any atom is -0.383 e. The second kappa shape index (κ2) is 6.86. The van der Waals surface area contributed by atoms with Crippen LogP contribution in [0.5, 0.6) is 0 Å². The summed E-state index contributed by atoms with van der Waals surface area (Å²) in [5, 5.41) is 14.0. The lowest BCUT2D eigenvalue weighted by Gasteiger charge is -2.02. The molecule has 5 aromatic rings. The van der Waals surface area contributed by atoms with E-state index in [1.165, 1.54) is 0 Å². The molecule has 9 nitrogen and oxygen atoms in total. The highest BCUT2D eigenvalue weighted by atomic mass is 16.5. The first kappa shape index (κ1) is 16.6. The van der Waals surface area contributed by atoms with E-state index in [1.807, 2.05) is 52.2 Å². The third kappa shape index (κ3) is 2.91. The molecular weight excluding hydrogens is 356 g/mol. The van der Waals surface area contributed by atoms with Gasteiger partial charge in [0.2, 0.25) is 0 Å². The third-order valence-electron chi connectivity index (χ3n) is 4.67. The molecular formula is C19H18N8O. The molecule has 5 aromatic heterocycles. The highest BCUT2D eigenvalue weighted by Gasteiger charge is 2.12. The molecule has 5 rings (SSSR count). The summed E-state index contributed by atoms with van der Waals surface area (Å²) in [5.74, 6) is 0. The van der Waals surface area contributed by atoms with Crippen molar-refractivity contribution in [2.75, 3.05) is 13.7 Å². The molecule has 1 N–H and O–H groups in total. The van der Waals surface area contributed by atoms with Gasteiger partial charge in [0.05, 0.1) is 31.6 Å². The van der Waals surface area contributed by atoms with Crippen LogP contribution in [0.25, 0.3) is 33.5 Å². The molecule has 0 saturated carbocycles. The summed E-state index contributed by atoms with van der Waals surface area (Å²) in [7, 11) is 1.68. The van der Waals surface area contributed by atoms with Crippen LogP contribution in [0.15, 0.2) is 49.1 Å². The number of nitrogens with one attached hydrogen (secondary N) is 1. The molecule has 0 aromatic carbocycles. The van der Waals surface area contributed by atoms with Crippen LogP contribution < -0.4 is 0 Å². The number of aromatic nitrogens is 8. The van der Waals surface area contributed by atoms with Crippen LogP contribution in [0.4, 0.5) is 0 Å². The summed E-state index contributed by atoms with van der Waals surface area (Å²) >= 11 is 0. The molecule has 140 valence electrons. The summed E-state index contributed by atoms with van der Waals surface area (Å²) < 4.78 is 8.76. The summed E-state index contributed by atoms with van der Waals surface area (Å²) in [5.41, 5.74) is 5.23. The van der Waals surface area contributed by atoms with Gasteiger partial charge < -0.3 is 9.72 Å². The van der Waals surface area contributed by atoms with E-state index in [4.69, 9.17) is 9.72 Å². The van der Waals surface area contributed by atoms with Gasteiger partial charge in [0.1, 0.15) is 11.2 Å². The molecule has 28 heavy (non-hydrogen) atoms. The van der Waals surface area contributed by atoms with Crippen LogP contribution in [-0.2, 0) is 17.8 Å². The van der Waals surface area contributed by atoms with E-state index >= 15 is 0 Å². The predicted molar refractivity (Wildman–Crippen MR) is 104 cm³/mol. The smallest absolute Gasteiger partial charge is 0.179 e. The van der Waals surface area contributed by atoms with Crippen LogP contribution in [0, 0.1) is 0 Å². The normalized spacial score (nSPS) is 11.6. The van der Waals surface area contributed by atoms with Gasteiger partial charge in [0.25, 0.3) is 0 Å². The second-order valence-electron chi connectivity index (χ2n) is 6.48. The topological polar surface area (TPSA) is 99.3 Å². The van der Waals surface area contributed by atoms with Gasteiger partial charge in [-0.15, -0.1) is 5.10 Å². The number of rotatable bonds is 6. The number of methoxy groups -OCH3 is 1. The molecule has 0 unspecified atom stereocenters. The van der Waals surface area contributed by atoms with Gasteiger partial charge in [-0.25, -0.2) is 14.6 Å². The van der Waals surface area contributed by atoms with Crippen molar-refractivity contribution >= 4 is 22.2 Å². The Kier molecular flexibility index (Phi) is 4.06. The molecule has 0 spiro atoms. The van der Waals surface area contributed by atoms with Crippen molar-refractivity contribution in [3.8, 4) is 11.3 Å². The molecule has 0 saturated heterocycles. The SMILES string of the molecule is COCCn1cc(-c2ccc3nnn(Cc4c[nH]c5ncccc45)c3n2)cn1. The monoisotopic (exact) mass is 374 g/mol. The highest BCUT2D eigenvalue weighted by molar-refractivity contribution is 5.80. The number of fused-ring (bicyclic) bond motifs is 2. The van der Waals surface area contributed by atoms with E-state index in [0.29, 0.717) is 19.7 Å². The zero-order chi connectivity index (χ0) is 18.9. The van der Waals surface area contributed by atoms with Gasteiger partial charge in [0.15, 0.2) is 5.65 Å². The fraction of sp³-hybridized carbons (Fsp3) is 0.211. The molecule has 0 aliphatic carbocycles. The number of H-pyrrole nitrogens is 1. The number of hydrogen-bond acceptors (Lipinski definition) is 6. The van der Waals surface area contributed by atoms with Crippen LogP contribution in [0.1, 0.15) is 5.56 Å². The Labute approximate surface area is 160 Å². The maximum Gasteiger partial charge on any atom is 0.179 e. The molecule has 0 aliphatic rings. The average molecular weight is 374 g/mol. The minimum absolute atomic E-state index is 0.561. The number of pyridine rings is 2. The van der Waals surface area contributed by atoms with E-state index in [1.54, 1.807) is 13.3 Å². The zero-order valence-electron chi connectivity index (χ0n) is 15.3. The average Bonchev–Trinajstić information content (AvgIpc) is 3.46. The lowest BCUT2D eigenvalue weighted by molar-refractivity contribution is 0.183. The molecule has 0 aliphatic heterocycles. The van der Waals surface area contributed by atoms with E-state index in [2.05, 4.69) is 25.4 Å². The van der Waals surface area contributed by atoms with Crippen molar-refractivity contribution in [2.45, 2.75) is 13.1 Å². The Balaban J connectivity index is 1.49. The van der Waals surface area contributed by atoms with Gasteiger partial charge >= 0.3 is 0 Å². The van der Waals surface area contributed by atoms with Crippen molar-refractivity contribution in [3.05, 3.63) is 54.6 Å². The maximum absolute atomic E-state index is 5.10. The quantitative estimate of drug-likeness (QED) is 0.489. The van der Waals surface area contributed by atoms with Crippen LogP contribution in [0.3, 0.4) is 0 Å². The van der Waals surface area contributed by atoms with E-state index in [-0.39, 0.29) is 0 Å². The van der Waals surface area contributed by atoms with E-state index < -0.39 is 0 Å². The Morgan fingerprint density at radius 1 is 1.21 bits per heavy atom. The summed E-state index contributed by atoms with van der Waals surface area (Å²) in [6.07, 6.45) is 7.50. The zero-order valence-corrected chi connectivity index (χ0v) is 15.3. The second-order valence-corrected chi connectivity index (χ2v) is 6.48. The molecule has 0 bridgehead atoms. The molecule has 0 atom stereocenters. The van der Waals surface area contributed by atoms with Crippen molar-refractivity contribution in [2.24, 2.45) is 0 Å². The molecule has 0 radical (unpaired) electrons. The van der Waals surface area contributed by atoms with Crippen LogP contribution in [-0.4, -0.2) is 53.4 Å². The minimum atomic E-state index is 0.561. The van der Waals surface area contributed by atoms with Gasteiger partial charge in [-0.3, -0.25) is 4.68 Å². The fourth-order valence-electron chi connectivity index (χ4n) is 3.23. The van der Waals surface area contributed by atoms with Crippen LogP contribution >= 0.6 is 0 Å². The molecule has 5 heterocycles. The van der Waals surface area contributed by atoms with E-state index in [9.17, 15) is 0 Å². The van der Waals surface area contributed by atoms with Gasteiger partial charge in [-0.05, 0) is 24.3 Å². The van der Waals surface area contributed by atoms with Gasteiger partial charge in [-0.1, -0.05) is 5.21 Å². The largest absolute Gasteiger partial charge is 0.383 e. The first-order valence-corrected chi connectivity index (χ1v) is 8.95. The third-order valence-corrected chi connectivity index (χ3v) is 4.67. The molecule has 0 fully saturated rings. The van der Waals surface area contributed by atoms with Gasteiger partial charge in [0, 0.05) is 42.2 Å². The maximum atomic E-state index is 5.10. The number of aromatic amines is 1. The van der Waals surface area contributed by atoms with Crippen molar-refractivity contribution in [1.82, 2.24) is 39.7 Å². The summed E-state index contributed by atoms with van der Waals surface area (Å²) in [6.45, 7) is 1.88. The van der Waals surface area contributed by atoms with Gasteiger partial charge in [-0.2, -0.15) is 5.10 Å². The molecule has 0 amide bonds. The molecule has 9 heteroatoms. The predicted octanol–water partition coefficient (Wildman–Crippen LogP) is 2.26. The van der Waals surface area contributed by atoms with Crippen molar-refractivity contribution in [3.63, 3.8) is 0 Å². The van der Waals surface area contributed by atoms with Crippen molar-refractivity contribution in [1.29, 1.82) is 0 Å². The van der Waals surface area contributed by atoms with Crippen LogP contribution in [0.2, 0.25) is 0 Å². The Bertz CT molecular complexity index is 1250. The number of nitrogens with zero attached hydrogens (tertiary/aromatic N) is 7. The standard InChI is InChI=1S/C19H18N8O/c1-28-8-7-26-11-14(10-22-26)16-4-5-17-19(23-16)27(25-24-17)12-13-9-21-18-15(13)3-2-6-20-18/h2-6,9-11H,7-8,12H2,1H3,(H,20,21). The Hall–Kier alpha value is -3.59. The number of hydrogen-bond donors (Lipinski definition) is 1. The lowest BCUT2D eigenvalue weighted by Crippen LogP contribution is -2.04. The Morgan fingerprint density at radius 3 is 3.11 bits per heavy atom. The number of ether oxygens (including phenoxy) is 1. The highest BCUT2D eigenvalue weighted by Crippen LogP contribution is 2.21. The summed E-state index contributed by atoms with van der Waals surface area (Å²) in [4.78, 5) is 12.3. The first-order valence-electron chi connectivity index (χ1n) is 8.95. The lowest BCUT2D eigenvalue weighted by atomic mass is 10.2. The summed E-state index contributed by atoms with van der Waals surface area (Å²) in [6, 6.07) is 7.84. The Morgan fingerprint density at radius 2 is 2.18 bits per heavy atom. The first-order chi connectivity index (χ1) is 13.8. The fourth-order valence-corrected chi connectivity index (χ4v) is 3.23. The van der Waals surface area contributed by atoms with E-state index in [0.717, 1.165) is 39.0 Å². The van der Waals surface area contributed by atoms with Crippen molar-refractivity contribution < 1.29 is 4.74 Å².